The maximum absolute atomic E-state index is 9.21. The average molecular weight is 191 g/mol. The molecule has 0 aromatic carbocycles. The molecule has 0 aliphatic heterocycles. The Morgan fingerprint density at radius 1 is 1.33 bits per heavy atom. The van der Waals surface area contributed by atoms with Crippen LogP contribution in [0.4, 0.5) is 0 Å². The van der Waals surface area contributed by atoms with E-state index < -0.39 is 0 Å². The minimum absolute atomic E-state index is 0.103. The summed E-state index contributed by atoms with van der Waals surface area (Å²) in [6.07, 6.45) is 5.68. The Kier molecular flexibility index (Phi) is 4.66. The lowest BCUT2D eigenvalue weighted by atomic mass is 9.95. The zero-order valence-electron chi connectivity index (χ0n) is 7.08. The summed E-state index contributed by atoms with van der Waals surface area (Å²) < 4.78 is 5.49. The highest BCUT2D eigenvalue weighted by Gasteiger charge is 2.18. The largest absolute Gasteiger partial charge is 0.393 e. The van der Waals surface area contributed by atoms with Crippen LogP contribution in [-0.2, 0) is 4.74 Å². The van der Waals surface area contributed by atoms with Crippen LogP contribution in [0.3, 0.4) is 0 Å². The number of aliphatic hydroxyl groups is 1. The van der Waals surface area contributed by atoms with Crippen molar-refractivity contribution in [2.75, 3.05) is 6.61 Å². The van der Waals surface area contributed by atoms with Crippen molar-refractivity contribution >= 4 is 11.6 Å². The van der Waals surface area contributed by atoms with Gasteiger partial charge in [0.25, 0.3) is 0 Å². The van der Waals surface area contributed by atoms with Crippen molar-refractivity contribution in [3.63, 3.8) is 0 Å². The van der Waals surface area contributed by atoms with Crippen LogP contribution in [-0.4, -0.2) is 23.9 Å². The highest BCUT2D eigenvalue weighted by Crippen LogP contribution is 2.20. The lowest BCUT2D eigenvalue weighted by molar-refractivity contribution is 0.00909. The van der Waals surface area contributed by atoms with E-state index in [0.29, 0.717) is 12.7 Å². The molecule has 0 aromatic rings. The maximum Gasteiger partial charge on any atom is 0.0662 e. The highest BCUT2D eigenvalue weighted by molar-refractivity contribution is 6.25. The zero-order chi connectivity index (χ0) is 8.81. The molecule has 0 spiro atoms. The van der Waals surface area contributed by atoms with Crippen LogP contribution in [0.25, 0.3) is 0 Å². The number of ether oxygens (including phenoxy) is 1. The molecule has 0 heterocycles. The highest BCUT2D eigenvalue weighted by atomic mass is 35.5. The first kappa shape index (κ1) is 10.0. The lowest BCUT2D eigenvalue weighted by Crippen LogP contribution is -2.24. The Morgan fingerprint density at radius 3 is 2.58 bits per heavy atom. The average Bonchev–Trinajstić information content (AvgIpc) is 2.09. The summed E-state index contributed by atoms with van der Waals surface area (Å²) in [5.74, 6) is 0. The Morgan fingerprint density at radius 2 is 2.00 bits per heavy atom. The standard InChI is InChI=1S/C9H15ClO2/c10-6-1-7-12-9-4-2-8(11)3-5-9/h1,6,8-9,11H,2-5,7H2/b6-1+. The van der Waals surface area contributed by atoms with Gasteiger partial charge in [-0.25, -0.2) is 0 Å². The third-order valence-corrected chi connectivity index (χ3v) is 2.34. The Hall–Kier alpha value is -0.0500. The molecule has 1 aliphatic rings. The van der Waals surface area contributed by atoms with Crippen LogP contribution < -0.4 is 0 Å². The Bertz CT molecular complexity index is 139. The fourth-order valence-electron chi connectivity index (χ4n) is 1.44. The molecule has 1 rings (SSSR count). The molecular formula is C9H15ClO2. The van der Waals surface area contributed by atoms with E-state index in [-0.39, 0.29) is 6.10 Å². The van der Waals surface area contributed by atoms with E-state index in [4.69, 9.17) is 16.3 Å². The van der Waals surface area contributed by atoms with Gasteiger partial charge in [-0.15, -0.1) is 0 Å². The van der Waals surface area contributed by atoms with Crippen molar-refractivity contribution in [3.05, 3.63) is 11.6 Å². The van der Waals surface area contributed by atoms with E-state index in [0.717, 1.165) is 25.7 Å². The van der Waals surface area contributed by atoms with Gasteiger partial charge in [0.15, 0.2) is 0 Å². The summed E-state index contributed by atoms with van der Waals surface area (Å²) in [6.45, 7) is 0.588. The second-order valence-electron chi connectivity index (χ2n) is 3.13. The topological polar surface area (TPSA) is 29.5 Å². The summed E-state index contributed by atoms with van der Waals surface area (Å²) in [5, 5.41) is 9.21. The number of hydrogen-bond acceptors (Lipinski definition) is 2. The van der Waals surface area contributed by atoms with Gasteiger partial charge < -0.3 is 9.84 Å². The number of rotatable bonds is 3. The van der Waals surface area contributed by atoms with Crippen LogP contribution in [0, 0.1) is 0 Å². The SMILES string of the molecule is OC1CCC(OC/C=C/Cl)CC1. The van der Waals surface area contributed by atoms with Gasteiger partial charge in [-0.2, -0.15) is 0 Å². The van der Waals surface area contributed by atoms with Gasteiger partial charge in [0.05, 0.1) is 18.8 Å². The molecule has 2 nitrogen and oxygen atoms in total. The van der Waals surface area contributed by atoms with Crippen molar-refractivity contribution in [2.45, 2.75) is 37.9 Å². The summed E-state index contributed by atoms with van der Waals surface area (Å²) in [6, 6.07) is 0. The summed E-state index contributed by atoms with van der Waals surface area (Å²) >= 11 is 5.34. The maximum atomic E-state index is 9.21. The van der Waals surface area contributed by atoms with Crippen molar-refractivity contribution < 1.29 is 9.84 Å². The van der Waals surface area contributed by atoms with Gasteiger partial charge in [0.2, 0.25) is 0 Å². The number of hydrogen-bond donors (Lipinski definition) is 1. The summed E-state index contributed by atoms with van der Waals surface area (Å²) in [4.78, 5) is 0. The molecule has 1 saturated carbocycles. The molecule has 0 aromatic heterocycles. The predicted octanol–water partition coefficient (Wildman–Crippen LogP) is 2.06. The molecule has 1 N–H and O–H groups in total. The second kappa shape index (κ2) is 5.57. The van der Waals surface area contributed by atoms with E-state index in [1.807, 2.05) is 0 Å². The first-order valence-corrected chi connectivity index (χ1v) is 4.81. The lowest BCUT2D eigenvalue weighted by Gasteiger charge is -2.24. The Labute approximate surface area is 78.2 Å². The van der Waals surface area contributed by atoms with Crippen molar-refractivity contribution in [2.24, 2.45) is 0 Å². The quantitative estimate of drug-likeness (QED) is 0.738. The van der Waals surface area contributed by atoms with Crippen LogP contribution >= 0.6 is 11.6 Å². The fraction of sp³-hybridized carbons (Fsp3) is 0.778. The van der Waals surface area contributed by atoms with E-state index in [2.05, 4.69) is 0 Å². The van der Waals surface area contributed by atoms with E-state index in [9.17, 15) is 5.11 Å². The zero-order valence-corrected chi connectivity index (χ0v) is 7.83. The summed E-state index contributed by atoms with van der Waals surface area (Å²) in [7, 11) is 0. The van der Waals surface area contributed by atoms with Gasteiger partial charge in [-0.05, 0) is 31.8 Å². The van der Waals surface area contributed by atoms with Crippen LogP contribution in [0.5, 0.6) is 0 Å². The van der Waals surface area contributed by atoms with E-state index >= 15 is 0 Å². The molecule has 1 fully saturated rings. The van der Waals surface area contributed by atoms with Gasteiger partial charge in [-0.3, -0.25) is 0 Å². The van der Waals surface area contributed by atoms with Gasteiger partial charge in [0, 0.05) is 5.54 Å². The molecule has 0 atom stereocenters. The normalized spacial score (nSPS) is 31.2. The van der Waals surface area contributed by atoms with Crippen LogP contribution in [0.1, 0.15) is 25.7 Å². The third kappa shape index (κ3) is 3.57. The Balaban J connectivity index is 2.09. The molecule has 0 amide bonds. The smallest absolute Gasteiger partial charge is 0.0662 e. The van der Waals surface area contributed by atoms with Crippen molar-refractivity contribution in [1.82, 2.24) is 0 Å². The molecule has 0 saturated heterocycles. The molecule has 70 valence electrons. The van der Waals surface area contributed by atoms with Gasteiger partial charge in [0.1, 0.15) is 0 Å². The third-order valence-electron chi connectivity index (χ3n) is 2.16. The van der Waals surface area contributed by atoms with E-state index in [1.54, 1.807) is 6.08 Å². The molecule has 12 heavy (non-hydrogen) atoms. The molecule has 1 aliphatic carbocycles. The van der Waals surface area contributed by atoms with Crippen LogP contribution in [0.15, 0.2) is 11.6 Å². The number of aliphatic hydroxyl groups excluding tert-OH is 1. The monoisotopic (exact) mass is 190 g/mol. The molecule has 0 unspecified atom stereocenters. The van der Waals surface area contributed by atoms with Crippen molar-refractivity contribution in [1.29, 1.82) is 0 Å². The first-order chi connectivity index (χ1) is 5.83. The first-order valence-electron chi connectivity index (χ1n) is 4.38. The fourth-order valence-corrected chi connectivity index (χ4v) is 1.51. The van der Waals surface area contributed by atoms with Crippen LogP contribution in [0.2, 0.25) is 0 Å². The predicted molar refractivity (Wildman–Crippen MR) is 49.2 cm³/mol. The van der Waals surface area contributed by atoms with E-state index in [1.165, 1.54) is 5.54 Å². The minimum atomic E-state index is -0.103. The molecule has 0 radical (unpaired) electrons. The van der Waals surface area contributed by atoms with Crippen molar-refractivity contribution in [3.8, 4) is 0 Å². The van der Waals surface area contributed by atoms with Gasteiger partial charge in [-0.1, -0.05) is 11.6 Å². The second-order valence-corrected chi connectivity index (χ2v) is 3.38. The molecule has 0 bridgehead atoms. The van der Waals surface area contributed by atoms with Gasteiger partial charge >= 0.3 is 0 Å². The minimum Gasteiger partial charge on any atom is -0.393 e. The number of halogens is 1. The summed E-state index contributed by atoms with van der Waals surface area (Å²) in [5.41, 5.74) is 1.47. The molecule has 3 heteroatoms. The molecular weight excluding hydrogens is 176 g/mol.